The fourth-order valence-corrected chi connectivity index (χ4v) is 1.28. The summed E-state index contributed by atoms with van der Waals surface area (Å²) in [7, 11) is 0. The number of anilines is 1. The standard InChI is InChI=1S/C10H9ClF4N2O/c11-6-3-1-2-5(7(6)16)8(18)17-4-10(14,15)9(12)13/h1-3,9H,4,16H2,(H,17,18). The molecule has 0 heterocycles. The quantitative estimate of drug-likeness (QED) is 0.659. The fraction of sp³-hybridized carbons (Fsp3) is 0.300. The van der Waals surface area contributed by atoms with Gasteiger partial charge in [-0.05, 0) is 12.1 Å². The molecule has 3 N–H and O–H groups in total. The summed E-state index contributed by atoms with van der Waals surface area (Å²) in [5, 5.41) is 1.75. The molecule has 0 saturated heterocycles. The molecule has 100 valence electrons. The number of nitrogen functional groups attached to an aromatic ring is 1. The molecule has 0 saturated carbocycles. The van der Waals surface area contributed by atoms with Gasteiger partial charge in [0.15, 0.2) is 0 Å². The number of amides is 1. The second-order valence-electron chi connectivity index (χ2n) is 3.45. The highest BCUT2D eigenvalue weighted by atomic mass is 35.5. The molecule has 0 spiro atoms. The Kier molecular flexibility index (Phi) is 4.39. The largest absolute Gasteiger partial charge is 0.397 e. The number of alkyl halides is 4. The highest BCUT2D eigenvalue weighted by Gasteiger charge is 2.40. The lowest BCUT2D eigenvalue weighted by Crippen LogP contribution is -2.41. The van der Waals surface area contributed by atoms with Gasteiger partial charge in [0.25, 0.3) is 5.91 Å². The van der Waals surface area contributed by atoms with Crippen molar-refractivity contribution in [1.82, 2.24) is 5.32 Å². The van der Waals surface area contributed by atoms with Gasteiger partial charge < -0.3 is 11.1 Å². The summed E-state index contributed by atoms with van der Waals surface area (Å²) in [6, 6.07) is 4.04. The number of hydrogen-bond donors (Lipinski definition) is 2. The number of carbonyl (C=O) groups is 1. The number of halogens is 5. The van der Waals surface area contributed by atoms with Gasteiger partial charge in [-0.2, -0.15) is 8.78 Å². The zero-order valence-electron chi connectivity index (χ0n) is 8.89. The second kappa shape index (κ2) is 5.43. The summed E-state index contributed by atoms with van der Waals surface area (Å²) < 4.78 is 48.9. The summed E-state index contributed by atoms with van der Waals surface area (Å²) in [5.74, 6) is -5.28. The zero-order valence-corrected chi connectivity index (χ0v) is 9.65. The van der Waals surface area contributed by atoms with E-state index in [0.717, 1.165) is 0 Å². The molecule has 0 radical (unpaired) electrons. The molecule has 0 aromatic heterocycles. The zero-order chi connectivity index (χ0) is 13.9. The number of rotatable bonds is 4. The van der Waals surface area contributed by atoms with Crippen LogP contribution >= 0.6 is 11.6 Å². The van der Waals surface area contributed by atoms with E-state index in [1.807, 2.05) is 0 Å². The molecule has 0 aliphatic carbocycles. The predicted octanol–water partition coefficient (Wildman–Crippen LogP) is 2.55. The van der Waals surface area contributed by atoms with Gasteiger partial charge >= 0.3 is 12.3 Å². The highest BCUT2D eigenvalue weighted by molar-refractivity contribution is 6.33. The van der Waals surface area contributed by atoms with Crippen LogP contribution in [0.25, 0.3) is 0 Å². The van der Waals surface area contributed by atoms with Crippen molar-refractivity contribution in [3.63, 3.8) is 0 Å². The van der Waals surface area contributed by atoms with Crippen LogP contribution in [0.15, 0.2) is 18.2 Å². The van der Waals surface area contributed by atoms with E-state index in [9.17, 15) is 22.4 Å². The Morgan fingerprint density at radius 2 is 2.06 bits per heavy atom. The van der Waals surface area contributed by atoms with E-state index in [4.69, 9.17) is 17.3 Å². The normalized spacial score (nSPS) is 11.7. The van der Waals surface area contributed by atoms with Gasteiger partial charge in [-0.25, -0.2) is 8.78 Å². The first-order valence-corrected chi connectivity index (χ1v) is 5.11. The van der Waals surface area contributed by atoms with Crippen molar-refractivity contribution in [2.45, 2.75) is 12.3 Å². The molecule has 0 aliphatic rings. The summed E-state index contributed by atoms with van der Waals surface area (Å²) in [5.41, 5.74) is 5.21. The lowest BCUT2D eigenvalue weighted by Gasteiger charge is -2.16. The Morgan fingerprint density at radius 1 is 1.44 bits per heavy atom. The van der Waals surface area contributed by atoms with Gasteiger partial charge in [-0.15, -0.1) is 0 Å². The summed E-state index contributed by atoms with van der Waals surface area (Å²) in [6.07, 6.45) is -3.85. The lowest BCUT2D eigenvalue weighted by atomic mass is 10.1. The number of nitrogens with two attached hydrogens (primary N) is 1. The van der Waals surface area contributed by atoms with Crippen molar-refractivity contribution < 1.29 is 22.4 Å². The van der Waals surface area contributed by atoms with Crippen LogP contribution in [-0.2, 0) is 0 Å². The maximum atomic E-state index is 12.6. The van der Waals surface area contributed by atoms with Crippen molar-refractivity contribution in [3.05, 3.63) is 28.8 Å². The number of carbonyl (C=O) groups excluding carboxylic acids is 1. The molecule has 1 rings (SSSR count). The first-order valence-electron chi connectivity index (χ1n) is 4.74. The van der Waals surface area contributed by atoms with E-state index in [-0.39, 0.29) is 16.3 Å². The van der Waals surface area contributed by atoms with E-state index < -0.39 is 24.8 Å². The first-order chi connectivity index (χ1) is 8.25. The molecule has 3 nitrogen and oxygen atoms in total. The van der Waals surface area contributed by atoms with Crippen molar-refractivity contribution in [2.75, 3.05) is 12.3 Å². The van der Waals surface area contributed by atoms with E-state index in [0.29, 0.717) is 0 Å². The maximum Gasteiger partial charge on any atom is 0.324 e. The minimum absolute atomic E-state index is 0.0725. The Morgan fingerprint density at radius 3 is 2.61 bits per heavy atom. The molecule has 0 unspecified atom stereocenters. The Bertz CT molecular complexity index is 454. The molecule has 0 fully saturated rings. The van der Waals surface area contributed by atoms with Gasteiger partial charge in [0.05, 0.1) is 22.8 Å². The molecular weight excluding hydrogens is 276 g/mol. The van der Waals surface area contributed by atoms with Crippen molar-refractivity contribution in [3.8, 4) is 0 Å². The van der Waals surface area contributed by atoms with E-state index >= 15 is 0 Å². The molecule has 1 aromatic carbocycles. The Labute approximate surface area is 105 Å². The van der Waals surface area contributed by atoms with Crippen LogP contribution in [0, 0.1) is 0 Å². The second-order valence-corrected chi connectivity index (χ2v) is 3.85. The van der Waals surface area contributed by atoms with E-state index in [1.54, 1.807) is 5.32 Å². The predicted molar refractivity (Wildman–Crippen MR) is 59.1 cm³/mol. The van der Waals surface area contributed by atoms with Gasteiger partial charge in [-0.3, -0.25) is 4.79 Å². The minimum Gasteiger partial charge on any atom is -0.397 e. The number of hydrogen-bond acceptors (Lipinski definition) is 2. The monoisotopic (exact) mass is 284 g/mol. The molecule has 0 atom stereocenters. The summed E-state index contributed by atoms with van der Waals surface area (Å²) in [6.45, 7) is -1.48. The minimum atomic E-state index is -4.29. The number of nitrogens with one attached hydrogen (secondary N) is 1. The Balaban J connectivity index is 2.75. The molecule has 18 heavy (non-hydrogen) atoms. The maximum absolute atomic E-state index is 12.6. The van der Waals surface area contributed by atoms with Crippen LogP contribution in [0.2, 0.25) is 5.02 Å². The first kappa shape index (κ1) is 14.6. The van der Waals surface area contributed by atoms with Crippen LogP contribution in [0.1, 0.15) is 10.4 Å². The highest BCUT2D eigenvalue weighted by Crippen LogP contribution is 2.24. The summed E-state index contributed by atoms with van der Waals surface area (Å²) >= 11 is 5.63. The summed E-state index contributed by atoms with van der Waals surface area (Å²) in [4.78, 5) is 11.5. The van der Waals surface area contributed by atoms with Crippen LogP contribution in [0.4, 0.5) is 23.2 Å². The molecule has 0 aliphatic heterocycles. The van der Waals surface area contributed by atoms with Crippen LogP contribution in [0.3, 0.4) is 0 Å². The SMILES string of the molecule is Nc1c(Cl)cccc1C(=O)NCC(F)(F)C(F)F. The topological polar surface area (TPSA) is 55.1 Å². The van der Waals surface area contributed by atoms with Crippen LogP contribution in [0.5, 0.6) is 0 Å². The number of benzene rings is 1. The lowest BCUT2D eigenvalue weighted by molar-refractivity contribution is -0.123. The molecule has 1 amide bonds. The third-order valence-corrected chi connectivity index (χ3v) is 2.43. The van der Waals surface area contributed by atoms with Crippen molar-refractivity contribution in [2.24, 2.45) is 0 Å². The van der Waals surface area contributed by atoms with Gasteiger partial charge in [0.1, 0.15) is 0 Å². The molecular formula is C10H9ClF4N2O. The van der Waals surface area contributed by atoms with Gasteiger partial charge in [0, 0.05) is 0 Å². The average molecular weight is 285 g/mol. The molecule has 1 aromatic rings. The van der Waals surface area contributed by atoms with Crippen LogP contribution in [-0.4, -0.2) is 24.8 Å². The Hall–Kier alpha value is -1.50. The molecule has 8 heteroatoms. The van der Waals surface area contributed by atoms with Crippen molar-refractivity contribution >= 4 is 23.2 Å². The van der Waals surface area contributed by atoms with E-state index in [1.165, 1.54) is 18.2 Å². The average Bonchev–Trinajstić information content (AvgIpc) is 2.29. The van der Waals surface area contributed by atoms with E-state index in [2.05, 4.69) is 0 Å². The third-order valence-electron chi connectivity index (χ3n) is 2.10. The van der Waals surface area contributed by atoms with Gasteiger partial charge in [-0.1, -0.05) is 17.7 Å². The van der Waals surface area contributed by atoms with Crippen LogP contribution < -0.4 is 11.1 Å². The number of para-hydroxylation sites is 1. The van der Waals surface area contributed by atoms with Crippen molar-refractivity contribution in [1.29, 1.82) is 0 Å². The third kappa shape index (κ3) is 3.25. The smallest absolute Gasteiger partial charge is 0.324 e. The fourth-order valence-electron chi connectivity index (χ4n) is 1.11. The molecule has 0 bridgehead atoms. The van der Waals surface area contributed by atoms with Gasteiger partial charge in [0.2, 0.25) is 0 Å².